The Morgan fingerprint density at radius 3 is 2.32 bits per heavy atom. The van der Waals surface area contributed by atoms with Gasteiger partial charge >= 0.3 is 0 Å². The minimum Gasteiger partial charge on any atom is -0.338 e. The van der Waals surface area contributed by atoms with E-state index in [-0.39, 0.29) is 12.0 Å². The molecule has 0 amide bonds. The van der Waals surface area contributed by atoms with E-state index in [1.54, 1.807) is 12.4 Å². The third-order valence-electron chi connectivity index (χ3n) is 4.03. The van der Waals surface area contributed by atoms with Crippen LogP contribution in [0.3, 0.4) is 0 Å². The smallest absolute Gasteiger partial charge is 0.243 e. The van der Waals surface area contributed by atoms with Gasteiger partial charge in [0.1, 0.15) is 0 Å². The lowest BCUT2D eigenvalue weighted by Gasteiger charge is -2.36. The van der Waals surface area contributed by atoms with Crippen molar-refractivity contribution in [2.75, 3.05) is 31.1 Å². The molecule has 1 atom stereocenters. The first-order valence-corrected chi connectivity index (χ1v) is 7.74. The molecule has 1 aliphatic heterocycles. The van der Waals surface area contributed by atoms with Gasteiger partial charge in [-0.1, -0.05) is 19.0 Å². The van der Waals surface area contributed by atoms with Crippen LogP contribution in [0, 0.1) is 0 Å². The van der Waals surface area contributed by atoms with E-state index >= 15 is 0 Å². The first-order valence-electron chi connectivity index (χ1n) is 7.74. The van der Waals surface area contributed by atoms with Gasteiger partial charge in [-0.25, -0.2) is 9.97 Å². The minimum absolute atomic E-state index is 0.138. The zero-order valence-electron chi connectivity index (χ0n) is 13.3. The average molecular weight is 302 g/mol. The topological polar surface area (TPSA) is 71.2 Å². The molecule has 1 fully saturated rings. The Hall–Kier alpha value is -2.02. The average Bonchev–Trinajstić information content (AvgIpc) is 3.05. The molecule has 0 spiro atoms. The van der Waals surface area contributed by atoms with Crippen molar-refractivity contribution in [3.8, 4) is 0 Å². The second kappa shape index (κ2) is 6.39. The van der Waals surface area contributed by atoms with Gasteiger partial charge in [0.05, 0.1) is 6.04 Å². The number of hydrogen-bond donors (Lipinski definition) is 0. The van der Waals surface area contributed by atoms with E-state index in [4.69, 9.17) is 4.52 Å². The number of anilines is 1. The predicted octanol–water partition coefficient (Wildman–Crippen LogP) is 1.87. The van der Waals surface area contributed by atoms with E-state index in [2.05, 4.69) is 50.7 Å². The van der Waals surface area contributed by atoms with Crippen molar-refractivity contribution in [2.24, 2.45) is 0 Å². The molecule has 0 aromatic carbocycles. The molecule has 0 bridgehead atoms. The summed E-state index contributed by atoms with van der Waals surface area (Å²) in [6.07, 6.45) is 3.56. The molecule has 0 saturated carbocycles. The third-order valence-corrected chi connectivity index (χ3v) is 4.03. The largest absolute Gasteiger partial charge is 0.338 e. The van der Waals surface area contributed by atoms with Gasteiger partial charge in [0.25, 0.3) is 0 Å². The Balaban J connectivity index is 1.60. The molecule has 0 unspecified atom stereocenters. The quantitative estimate of drug-likeness (QED) is 0.853. The van der Waals surface area contributed by atoms with Gasteiger partial charge in [0.2, 0.25) is 11.8 Å². The number of rotatable bonds is 4. The standard InChI is InChI=1S/C15H22N6O/c1-11(2)13-18-14(22-19-13)12(3)20-7-9-21(10-8-20)15-16-5-4-6-17-15/h4-6,11-12H,7-10H2,1-3H3/t12-/m0/s1. The fraction of sp³-hybridized carbons (Fsp3) is 0.600. The minimum atomic E-state index is 0.138. The molecule has 2 aromatic heterocycles. The third kappa shape index (κ3) is 3.09. The first-order chi connectivity index (χ1) is 10.6. The van der Waals surface area contributed by atoms with E-state index in [1.165, 1.54) is 0 Å². The van der Waals surface area contributed by atoms with Crippen molar-refractivity contribution in [2.45, 2.75) is 32.7 Å². The Morgan fingerprint density at radius 2 is 1.73 bits per heavy atom. The Bertz CT molecular complexity index is 591. The number of aromatic nitrogens is 4. The molecule has 2 aromatic rings. The highest BCUT2D eigenvalue weighted by Gasteiger charge is 2.26. The van der Waals surface area contributed by atoms with Crippen LogP contribution in [0.5, 0.6) is 0 Å². The van der Waals surface area contributed by atoms with Gasteiger partial charge in [-0.05, 0) is 13.0 Å². The molecular weight excluding hydrogens is 280 g/mol. The van der Waals surface area contributed by atoms with Crippen molar-refractivity contribution in [1.29, 1.82) is 0 Å². The Kier molecular flexibility index (Phi) is 4.33. The number of piperazine rings is 1. The van der Waals surface area contributed by atoms with Gasteiger partial charge < -0.3 is 9.42 Å². The van der Waals surface area contributed by atoms with Gasteiger partial charge in [0.15, 0.2) is 5.82 Å². The van der Waals surface area contributed by atoms with Crippen molar-refractivity contribution in [3.05, 3.63) is 30.2 Å². The van der Waals surface area contributed by atoms with Crippen LogP contribution in [0.2, 0.25) is 0 Å². The van der Waals surface area contributed by atoms with Crippen molar-refractivity contribution in [3.63, 3.8) is 0 Å². The van der Waals surface area contributed by atoms with E-state index in [1.807, 2.05) is 6.07 Å². The molecule has 22 heavy (non-hydrogen) atoms. The molecule has 3 heterocycles. The maximum absolute atomic E-state index is 5.41. The van der Waals surface area contributed by atoms with E-state index in [0.717, 1.165) is 38.0 Å². The summed E-state index contributed by atoms with van der Waals surface area (Å²) in [6.45, 7) is 9.92. The summed E-state index contributed by atoms with van der Waals surface area (Å²) < 4.78 is 5.41. The molecule has 7 nitrogen and oxygen atoms in total. The SMILES string of the molecule is CC(C)c1noc([C@H](C)N2CCN(c3ncccn3)CC2)n1. The molecule has 1 saturated heterocycles. The fourth-order valence-electron chi connectivity index (χ4n) is 2.57. The van der Waals surface area contributed by atoms with Crippen LogP contribution in [0.4, 0.5) is 5.95 Å². The summed E-state index contributed by atoms with van der Waals surface area (Å²) in [6, 6.07) is 1.97. The summed E-state index contributed by atoms with van der Waals surface area (Å²) in [5.41, 5.74) is 0. The number of nitrogens with zero attached hydrogens (tertiary/aromatic N) is 6. The van der Waals surface area contributed by atoms with Crippen molar-refractivity contribution >= 4 is 5.95 Å². The monoisotopic (exact) mass is 302 g/mol. The van der Waals surface area contributed by atoms with Crippen LogP contribution in [0.25, 0.3) is 0 Å². The van der Waals surface area contributed by atoms with E-state index in [0.29, 0.717) is 5.89 Å². The van der Waals surface area contributed by atoms with Crippen LogP contribution >= 0.6 is 0 Å². The summed E-state index contributed by atoms with van der Waals surface area (Å²) in [4.78, 5) is 17.7. The van der Waals surface area contributed by atoms with Crippen LogP contribution < -0.4 is 4.90 Å². The lowest BCUT2D eigenvalue weighted by molar-refractivity contribution is 0.163. The molecule has 1 aliphatic rings. The molecule has 3 rings (SSSR count). The van der Waals surface area contributed by atoms with Crippen LogP contribution in [0.15, 0.2) is 23.0 Å². The molecule has 118 valence electrons. The molecule has 0 N–H and O–H groups in total. The molecular formula is C15H22N6O. The van der Waals surface area contributed by atoms with E-state index < -0.39 is 0 Å². The molecule has 7 heteroatoms. The lowest BCUT2D eigenvalue weighted by Crippen LogP contribution is -2.47. The van der Waals surface area contributed by atoms with Gasteiger partial charge in [-0.2, -0.15) is 4.98 Å². The maximum atomic E-state index is 5.41. The highest BCUT2D eigenvalue weighted by molar-refractivity contribution is 5.29. The van der Waals surface area contributed by atoms with Crippen LogP contribution in [0.1, 0.15) is 44.4 Å². The normalized spacial score (nSPS) is 17.9. The predicted molar refractivity (Wildman–Crippen MR) is 82.6 cm³/mol. The summed E-state index contributed by atoms with van der Waals surface area (Å²) in [5.74, 6) is 2.57. The fourth-order valence-corrected chi connectivity index (χ4v) is 2.57. The summed E-state index contributed by atoms with van der Waals surface area (Å²) >= 11 is 0. The van der Waals surface area contributed by atoms with Gasteiger partial charge in [-0.15, -0.1) is 0 Å². The second-order valence-electron chi connectivity index (χ2n) is 5.89. The zero-order chi connectivity index (χ0) is 15.5. The Morgan fingerprint density at radius 1 is 1.05 bits per heavy atom. The van der Waals surface area contributed by atoms with Crippen LogP contribution in [-0.2, 0) is 0 Å². The molecule has 0 radical (unpaired) electrons. The van der Waals surface area contributed by atoms with Crippen molar-refractivity contribution < 1.29 is 4.52 Å². The first kappa shape index (κ1) is 14.9. The lowest BCUT2D eigenvalue weighted by atomic mass is 10.2. The summed E-state index contributed by atoms with van der Waals surface area (Å²) in [7, 11) is 0. The van der Waals surface area contributed by atoms with E-state index in [9.17, 15) is 0 Å². The Labute approximate surface area is 130 Å². The highest BCUT2D eigenvalue weighted by atomic mass is 16.5. The number of hydrogen-bond acceptors (Lipinski definition) is 7. The van der Waals surface area contributed by atoms with Gasteiger partial charge in [-0.3, -0.25) is 4.90 Å². The van der Waals surface area contributed by atoms with Gasteiger partial charge in [0, 0.05) is 44.5 Å². The maximum Gasteiger partial charge on any atom is 0.243 e. The zero-order valence-corrected chi connectivity index (χ0v) is 13.3. The molecule has 0 aliphatic carbocycles. The van der Waals surface area contributed by atoms with Crippen molar-refractivity contribution in [1.82, 2.24) is 25.0 Å². The van der Waals surface area contributed by atoms with Crippen LogP contribution in [-0.4, -0.2) is 51.2 Å². The highest BCUT2D eigenvalue weighted by Crippen LogP contribution is 2.22. The summed E-state index contributed by atoms with van der Waals surface area (Å²) in [5, 5.41) is 4.05. The second-order valence-corrected chi connectivity index (χ2v) is 5.89.